The van der Waals surface area contributed by atoms with Crippen molar-refractivity contribution < 1.29 is 19.1 Å². The van der Waals surface area contributed by atoms with E-state index in [1.807, 2.05) is 62.4 Å². The zero-order valence-electron chi connectivity index (χ0n) is 18.0. The Labute approximate surface area is 182 Å². The molecule has 160 valence electrons. The number of benzene rings is 2. The minimum Gasteiger partial charge on any atom is -0.494 e. The van der Waals surface area contributed by atoms with Crippen LogP contribution < -0.4 is 9.64 Å². The number of Topliss-reactive ketones (excluding diaryl/α,β-unsaturated/α-hetero) is 1. The van der Waals surface area contributed by atoms with Crippen LogP contribution in [0.5, 0.6) is 5.75 Å². The number of hydrogen-bond donors (Lipinski definition) is 0. The molecule has 5 heteroatoms. The number of carbonyl (C=O) groups is 2. The highest BCUT2D eigenvalue weighted by molar-refractivity contribution is 6.18. The number of aryl methyl sites for hydroxylation is 1. The van der Waals surface area contributed by atoms with E-state index in [9.17, 15) is 9.59 Å². The summed E-state index contributed by atoms with van der Waals surface area (Å²) in [5.74, 6) is 0.712. The number of carbonyl (C=O) groups excluding carboxylic acids is 2. The second kappa shape index (κ2) is 7.88. The van der Waals surface area contributed by atoms with Crippen LogP contribution in [0.15, 0.2) is 59.9 Å². The molecule has 2 aromatic rings. The SMILES string of the molecule is CCOc1ccc(C2C3=C(OC4CCCCC4C3=O)C(=O)N2c2ccc(C)cc2)cc1. The van der Waals surface area contributed by atoms with Gasteiger partial charge >= 0.3 is 0 Å². The van der Waals surface area contributed by atoms with Crippen molar-refractivity contribution in [3.63, 3.8) is 0 Å². The number of fused-ring (bicyclic) bond motifs is 1. The molecule has 2 heterocycles. The summed E-state index contributed by atoms with van der Waals surface area (Å²) in [6.45, 7) is 4.54. The van der Waals surface area contributed by atoms with Crippen molar-refractivity contribution in [1.82, 2.24) is 0 Å². The molecule has 1 fully saturated rings. The molecule has 5 nitrogen and oxygen atoms in total. The summed E-state index contributed by atoms with van der Waals surface area (Å²) in [5, 5.41) is 0. The van der Waals surface area contributed by atoms with E-state index in [1.54, 1.807) is 4.90 Å². The van der Waals surface area contributed by atoms with Gasteiger partial charge in [0.05, 0.1) is 24.1 Å². The standard InChI is InChI=1S/C26H27NO4/c1-3-30-19-14-10-17(11-15-19)23-22-24(28)20-6-4-5-7-21(20)31-25(22)26(29)27(23)18-12-8-16(2)9-13-18/h8-15,20-21,23H,3-7H2,1-2H3. The van der Waals surface area contributed by atoms with E-state index in [0.29, 0.717) is 12.2 Å². The maximum atomic E-state index is 13.6. The topological polar surface area (TPSA) is 55.8 Å². The Hall–Kier alpha value is -3.08. The van der Waals surface area contributed by atoms with Crippen LogP contribution in [-0.4, -0.2) is 24.4 Å². The van der Waals surface area contributed by atoms with E-state index in [4.69, 9.17) is 9.47 Å². The van der Waals surface area contributed by atoms with Crippen LogP contribution in [-0.2, 0) is 14.3 Å². The van der Waals surface area contributed by atoms with Crippen molar-refractivity contribution in [2.45, 2.75) is 51.7 Å². The molecule has 0 bridgehead atoms. The summed E-state index contributed by atoms with van der Waals surface area (Å²) in [5.41, 5.74) is 3.28. The lowest BCUT2D eigenvalue weighted by Crippen LogP contribution is -2.39. The van der Waals surface area contributed by atoms with Crippen molar-refractivity contribution in [1.29, 1.82) is 0 Å². The number of anilines is 1. The van der Waals surface area contributed by atoms with Crippen LogP contribution in [0.3, 0.4) is 0 Å². The lowest BCUT2D eigenvalue weighted by atomic mass is 9.77. The van der Waals surface area contributed by atoms with Crippen molar-refractivity contribution in [3.8, 4) is 5.75 Å². The molecule has 1 aliphatic carbocycles. The highest BCUT2D eigenvalue weighted by atomic mass is 16.5. The Morgan fingerprint density at radius 2 is 1.71 bits per heavy atom. The molecule has 1 saturated carbocycles. The normalized spacial score (nSPS) is 25.2. The summed E-state index contributed by atoms with van der Waals surface area (Å²) in [6.07, 6.45) is 3.55. The van der Waals surface area contributed by atoms with Crippen LogP contribution in [0.1, 0.15) is 49.8 Å². The van der Waals surface area contributed by atoms with Crippen molar-refractivity contribution in [2.75, 3.05) is 11.5 Å². The van der Waals surface area contributed by atoms with E-state index >= 15 is 0 Å². The second-order valence-corrected chi connectivity index (χ2v) is 8.57. The molecule has 31 heavy (non-hydrogen) atoms. The fraction of sp³-hybridized carbons (Fsp3) is 0.385. The molecule has 5 rings (SSSR count). The van der Waals surface area contributed by atoms with Crippen LogP contribution in [0.2, 0.25) is 0 Å². The number of nitrogens with zero attached hydrogens (tertiary/aromatic N) is 1. The summed E-state index contributed by atoms with van der Waals surface area (Å²) in [6, 6.07) is 15.0. The summed E-state index contributed by atoms with van der Waals surface area (Å²) < 4.78 is 11.8. The van der Waals surface area contributed by atoms with Crippen LogP contribution in [0, 0.1) is 12.8 Å². The van der Waals surface area contributed by atoms with Gasteiger partial charge in [0, 0.05) is 5.69 Å². The quantitative estimate of drug-likeness (QED) is 0.710. The van der Waals surface area contributed by atoms with Gasteiger partial charge in [0.15, 0.2) is 11.5 Å². The predicted molar refractivity (Wildman–Crippen MR) is 118 cm³/mol. The van der Waals surface area contributed by atoms with Gasteiger partial charge in [-0.3, -0.25) is 14.5 Å². The van der Waals surface area contributed by atoms with E-state index in [-0.39, 0.29) is 29.5 Å². The molecule has 2 aromatic carbocycles. The van der Waals surface area contributed by atoms with E-state index in [2.05, 4.69) is 0 Å². The van der Waals surface area contributed by atoms with Gasteiger partial charge in [-0.2, -0.15) is 0 Å². The minimum atomic E-state index is -0.490. The molecule has 0 N–H and O–H groups in total. The smallest absolute Gasteiger partial charge is 0.294 e. The van der Waals surface area contributed by atoms with Crippen molar-refractivity contribution >= 4 is 17.4 Å². The number of ketones is 1. The highest BCUT2D eigenvalue weighted by Gasteiger charge is 2.52. The third-order valence-corrected chi connectivity index (χ3v) is 6.58. The Morgan fingerprint density at radius 3 is 2.42 bits per heavy atom. The zero-order chi connectivity index (χ0) is 21.5. The van der Waals surface area contributed by atoms with Gasteiger partial charge in [0.2, 0.25) is 0 Å². The predicted octanol–water partition coefficient (Wildman–Crippen LogP) is 4.89. The first-order chi connectivity index (χ1) is 15.1. The van der Waals surface area contributed by atoms with E-state index < -0.39 is 6.04 Å². The molecule has 2 aliphatic heterocycles. The molecule has 0 radical (unpaired) electrons. The van der Waals surface area contributed by atoms with Gasteiger partial charge in [-0.25, -0.2) is 0 Å². The fourth-order valence-electron chi connectivity index (χ4n) is 5.05. The Kier molecular flexibility index (Phi) is 5.05. The first kappa shape index (κ1) is 19.9. The van der Waals surface area contributed by atoms with Gasteiger partial charge in [-0.05, 0) is 62.9 Å². The number of amides is 1. The molecule has 0 spiro atoms. The molecular weight excluding hydrogens is 390 g/mol. The maximum Gasteiger partial charge on any atom is 0.294 e. The molecule has 1 amide bonds. The van der Waals surface area contributed by atoms with Crippen molar-refractivity contribution in [3.05, 3.63) is 71.0 Å². The number of ether oxygens (including phenoxy) is 2. The first-order valence-corrected chi connectivity index (χ1v) is 11.2. The number of hydrogen-bond acceptors (Lipinski definition) is 4. The second-order valence-electron chi connectivity index (χ2n) is 8.57. The molecule has 3 aliphatic rings. The highest BCUT2D eigenvalue weighted by Crippen LogP contribution is 2.48. The average Bonchev–Trinajstić information content (AvgIpc) is 3.08. The van der Waals surface area contributed by atoms with Crippen LogP contribution >= 0.6 is 0 Å². The molecular formula is C26H27NO4. The largest absolute Gasteiger partial charge is 0.494 e. The summed E-state index contributed by atoms with van der Waals surface area (Å²) in [4.78, 5) is 28.9. The van der Waals surface area contributed by atoms with Crippen LogP contribution in [0.4, 0.5) is 5.69 Å². The van der Waals surface area contributed by atoms with Crippen molar-refractivity contribution in [2.24, 2.45) is 5.92 Å². The van der Waals surface area contributed by atoms with E-state index in [0.717, 1.165) is 48.2 Å². The van der Waals surface area contributed by atoms with E-state index in [1.165, 1.54) is 0 Å². The first-order valence-electron chi connectivity index (χ1n) is 11.2. The zero-order valence-corrected chi connectivity index (χ0v) is 18.0. The third kappa shape index (κ3) is 3.32. The average molecular weight is 418 g/mol. The molecule has 3 unspecified atom stereocenters. The van der Waals surface area contributed by atoms with Gasteiger partial charge in [0.25, 0.3) is 5.91 Å². The minimum absolute atomic E-state index is 0.0767. The lowest BCUT2D eigenvalue weighted by molar-refractivity contribution is -0.131. The fourth-order valence-corrected chi connectivity index (χ4v) is 5.05. The molecule has 3 atom stereocenters. The van der Waals surface area contributed by atoms with Gasteiger partial charge < -0.3 is 9.47 Å². The molecule has 0 saturated heterocycles. The third-order valence-electron chi connectivity index (χ3n) is 6.58. The summed E-state index contributed by atoms with van der Waals surface area (Å²) in [7, 11) is 0. The van der Waals surface area contributed by atoms with Gasteiger partial charge in [0.1, 0.15) is 11.9 Å². The van der Waals surface area contributed by atoms with Crippen LogP contribution in [0.25, 0.3) is 0 Å². The Morgan fingerprint density at radius 1 is 1.00 bits per heavy atom. The maximum absolute atomic E-state index is 13.6. The van der Waals surface area contributed by atoms with Gasteiger partial charge in [-0.15, -0.1) is 0 Å². The Bertz CT molecular complexity index is 1040. The monoisotopic (exact) mass is 417 g/mol. The lowest BCUT2D eigenvalue weighted by Gasteiger charge is -2.35. The van der Waals surface area contributed by atoms with Gasteiger partial charge in [-0.1, -0.05) is 36.2 Å². The molecule has 0 aromatic heterocycles. The number of rotatable bonds is 4. The summed E-state index contributed by atoms with van der Waals surface area (Å²) >= 11 is 0. The Balaban J connectivity index is 1.61.